The molecule has 2 aromatic rings. The van der Waals surface area contributed by atoms with Crippen molar-refractivity contribution in [3.05, 3.63) is 35.2 Å². The number of urea groups is 1. The van der Waals surface area contributed by atoms with Crippen LogP contribution in [0.25, 0.3) is 0 Å². The van der Waals surface area contributed by atoms with Crippen LogP contribution in [0.4, 0.5) is 4.79 Å². The highest BCUT2D eigenvalue weighted by molar-refractivity contribution is 8.00. The summed E-state index contributed by atoms with van der Waals surface area (Å²) in [6, 6.07) is 6.28. The molecule has 1 heterocycles. The molecule has 0 unspecified atom stereocenters. The van der Waals surface area contributed by atoms with Crippen LogP contribution in [-0.4, -0.2) is 34.4 Å². The Morgan fingerprint density at radius 1 is 1.33 bits per heavy atom. The van der Waals surface area contributed by atoms with Gasteiger partial charge in [0, 0.05) is 12.1 Å². The standard InChI is InChI=1S/C14H15ClN4O4S/c1-8(12(20)17-13(21)16-2)24-14-19-18-11(23-14)7-22-10-5-3-9(15)4-6-10/h3-6,8H,7H2,1-2H3,(H2,16,17,20,21)/t8-/m1/s1. The summed E-state index contributed by atoms with van der Waals surface area (Å²) in [6.07, 6.45) is 0. The molecule has 0 aliphatic carbocycles. The molecule has 1 aromatic carbocycles. The Morgan fingerprint density at radius 3 is 2.71 bits per heavy atom. The van der Waals surface area contributed by atoms with Gasteiger partial charge in [-0.3, -0.25) is 10.1 Å². The van der Waals surface area contributed by atoms with Crippen molar-refractivity contribution >= 4 is 35.3 Å². The van der Waals surface area contributed by atoms with Gasteiger partial charge in [0.25, 0.3) is 11.1 Å². The summed E-state index contributed by atoms with van der Waals surface area (Å²) in [4.78, 5) is 22.8. The van der Waals surface area contributed by atoms with E-state index < -0.39 is 17.2 Å². The smallest absolute Gasteiger partial charge is 0.321 e. The number of aromatic nitrogens is 2. The summed E-state index contributed by atoms with van der Waals surface area (Å²) in [5, 5.41) is 12.4. The highest BCUT2D eigenvalue weighted by Crippen LogP contribution is 2.22. The first kappa shape index (κ1) is 18.1. The highest BCUT2D eigenvalue weighted by Gasteiger charge is 2.19. The minimum Gasteiger partial charge on any atom is -0.484 e. The number of amides is 3. The molecule has 0 aliphatic heterocycles. The first-order valence-corrected chi connectivity index (χ1v) is 8.13. The molecular formula is C14H15ClN4O4S. The molecule has 128 valence electrons. The van der Waals surface area contributed by atoms with Gasteiger partial charge in [-0.2, -0.15) is 0 Å². The van der Waals surface area contributed by atoms with Gasteiger partial charge in [-0.25, -0.2) is 4.79 Å². The van der Waals surface area contributed by atoms with E-state index in [1.165, 1.54) is 7.05 Å². The maximum Gasteiger partial charge on any atom is 0.321 e. The first-order chi connectivity index (χ1) is 11.5. The lowest BCUT2D eigenvalue weighted by Gasteiger charge is -2.07. The fourth-order valence-electron chi connectivity index (χ4n) is 1.50. The van der Waals surface area contributed by atoms with Gasteiger partial charge < -0.3 is 14.5 Å². The third kappa shape index (κ3) is 5.43. The number of ether oxygens (including phenoxy) is 1. The lowest BCUT2D eigenvalue weighted by Crippen LogP contribution is -2.41. The summed E-state index contributed by atoms with van der Waals surface area (Å²) in [6.45, 7) is 1.71. The average molecular weight is 371 g/mol. The third-order valence-corrected chi connectivity index (χ3v) is 3.92. The van der Waals surface area contributed by atoms with Crippen LogP contribution in [0.2, 0.25) is 5.02 Å². The second-order valence-corrected chi connectivity index (χ2v) is 6.26. The molecule has 0 fully saturated rings. The Morgan fingerprint density at radius 2 is 2.04 bits per heavy atom. The molecule has 0 saturated heterocycles. The summed E-state index contributed by atoms with van der Waals surface area (Å²) in [5.74, 6) is 0.424. The largest absolute Gasteiger partial charge is 0.484 e. The van der Waals surface area contributed by atoms with Crippen LogP contribution in [0.1, 0.15) is 12.8 Å². The predicted molar refractivity (Wildman–Crippen MR) is 88.0 cm³/mol. The Balaban J connectivity index is 1.85. The van der Waals surface area contributed by atoms with Gasteiger partial charge in [0.15, 0.2) is 6.61 Å². The molecule has 0 bridgehead atoms. The predicted octanol–water partition coefficient (Wildman–Crippen LogP) is 2.24. The number of halogens is 1. The maximum atomic E-state index is 11.7. The minimum atomic E-state index is -0.576. The molecule has 0 aliphatic rings. The van der Waals surface area contributed by atoms with E-state index in [1.807, 2.05) is 0 Å². The van der Waals surface area contributed by atoms with E-state index in [0.29, 0.717) is 10.8 Å². The molecule has 0 spiro atoms. The minimum absolute atomic E-state index is 0.0913. The summed E-state index contributed by atoms with van der Waals surface area (Å²) in [5.41, 5.74) is 0. The molecule has 8 nitrogen and oxygen atoms in total. The Labute approximate surface area is 147 Å². The average Bonchev–Trinajstić information content (AvgIpc) is 3.01. The second-order valence-electron chi connectivity index (χ2n) is 4.53. The van der Waals surface area contributed by atoms with Gasteiger partial charge in [-0.1, -0.05) is 23.4 Å². The van der Waals surface area contributed by atoms with Gasteiger partial charge in [0.2, 0.25) is 5.91 Å². The van der Waals surface area contributed by atoms with E-state index in [1.54, 1.807) is 31.2 Å². The number of carbonyl (C=O) groups is 2. The molecular weight excluding hydrogens is 356 g/mol. The zero-order valence-corrected chi connectivity index (χ0v) is 14.5. The van der Waals surface area contributed by atoms with Crippen LogP contribution < -0.4 is 15.4 Å². The van der Waals surface area contributed by atoms with E-state index in [2.05, 4.69) is 20.8 Å². The number of hydrogen-bond acceptors (Lipinski definition) is 7. The fourth-order valence-corrected chi connectivity index (χ4v) is 2.33. The Hall–Kier alpha value is -2.26. The third-order valence-electron chi connectivity index (χ3n) is 2.73. The lowest BCUT2D eigenvalue weighted by atomic mass is 10.3. The van der Waals surface area contributed by atoms with Crippen molar-refractivity contribution in [2.45, 2.75) is 24.0 Å². The second kappa shape index (κ2) is 8.55. The summed E-state index contributed by atoms with van der Waals surface area (Å²) >= 11 is 6.83. The van der Waals surface area contributed by atoms with Gasteiger partial charge in [0.05, 0.1) is 5.25 Å². The Kier molecular flexibility index (Phi) is 6.44. The van der Waals surface area contributed by atoms with Gasteiger partial charge >= 0.3 is 6.03 Å². The van der Waals surface area contributed by atoms with E-state index in [-0.39, 0.29) is 17.7 Å². The first-order valence-electron chi connectivity index (χ1n) is 6.88. The van der Waals surface area contributed by atoms with Crippen molar-refractivity contribution < 1.29 is 18.7 Å². The zero-order valence-electron chi connectivity index (χ0n) is 12.9. The van der Waals surface area contributed by atoms with Crippen molar-refractivity contribution in [2.75, 3.05) is 7.05 Å². The molecule has 1 aromatic heterocycles. The lowest BCUT2D eigenvalue weighted by molar-refractivity contribution is -0.119. The summed E-state index contributed by atoms with van der Waals surface area (Å²) < 4.78 is 10.9. The SMILES string of the molecule is CNC(=O)NC(=O)[C@@H](C)Sc1nnc(COc2ccc(Cl)cc2)o1. The molecule has 0 saturated carbocycles. The topological polar surface area (TPSA) is 106 Å². The number of thioether (sulfide) groups is 1. The van der Waals surface area contributed by atoms with Crippen LogP contribution in [0.5, 0.6) is 5.75 Å². The quantitative estimate of drug-likeness (QED) is 0.751. The monoisotopic (exact) mass is 370 g/mol. The van der Waals surface area contributed by atoms with E-state index in [0.717, 1.165) is 11.8 Å². The number of nitrogens with zero attached hydrogens (tertiary/aromatic N) is 2. The molecule has 24 heavy (non-hydrogen) atoms. The number of imide groups is 1. The normalized spacial score (nSPS) is 11.6. The number of benzene rings is 1. The number of nitrogens with one attached hydrogen (secondary N) is 2. The zero-order chi connectivity index (χ0) is 17.5. The molecule has 1 atom stereocenters. The van der Waals surface area contributed by atoms with Gasteiger partial charge in [-0.15, -0.1) is 10.2 Å². The van der Waals surface area contributed by atoms with Crippen LogP contribution in [-0.2, 0) is 11.4 Å². The van der Waals surface area contributed by atoms with Gasteiger partial charge in [-0.05, 0) is 31.2 Å². The number of hydrogen-bond donors (Lipinski definition) is 2. The number of carbonyl (C=O) groups excluding carboxylic acids is 2. The van der Waals surface area contributed by atoms with E-state index in [9.17, 15) is 9.59 Å². The molecule has 10 heteroatoms. The summed E-state index contributed by atoms with van der Waals surface area (Å²) in [7, 11) is 1.42. The van der Waals surface area contributed by atoms with Crippen LogP contribution in [0.3, 0.4) is 0 Å². The van der Waals surface area contributed by atoms with Crippen molar-refractivity contribution in [3.63, 3.8) is 0 Å². The number of rotatable bonds is 6. The maximum absolute atomic E-state index is 11.7. The van der Waals surface area contributed by atoms with Gasteiger partial charge in [0.1, 0.15) is 5.75 Å². The molecule has 0 radical (unpaired) electrons. The van der Waals surface area contributed by atoms with Crippen LogP contribution in [0, 0.1) is 0 Å². The van der Waals surface area contributed by atoms with E-state index >= 15 is 0 Å². The fraction of sp³-hybridized carbons (Fsp3) is 0.286. The molecule has 2 N–H and O–H groups in total. The van der Waals surface area contributed by atoms with Crippen LogP contribution >= 0.6 is 23.4 Å². The van der Waals surface area contributed by atoms with Crippen LogP contribution in [0.15, 0.2) is 33.9 Å². The Bertz CT molecular complexity index is 707. The van der Waals surface area contributed by atoms with E-state index in [4.69, 9.17) is 20.8 Å². The van der Waals surface area contributed by atoms with Crippen molar-refractivity contribution in [3.8, 4) is 5.75 Å². The molecule has 3 amide bonds. The van der Waals surface area contributed by atoms with Crippen molar-refractivity contribution in [1.82, 2.24) is 20.8 Å². The van der Waals surface area contributed by atoms with Crippen molar-refractivity contribution in [1.29, 1.82) is 0 Å². The highest BCUT2D eigenvalue weighted by atomic mass is 35.5. The molecule has 2 rings (SSSR count). The van der Waals surface area contributed by atoms with Crippen molar-refractivity contribution in [2.24, 2.45) is 0 Å².